The summed E-state index contributed by atoms with van der Waals surface area (Å²) in [5.74, 6) is 1.31. The molecule has 0 N–H and O–H groups in total. The number of carbonyl (C=O) groups is 2. The van der Waals surface area contributed by atoms with Crippen molar-refractivity contribution in [3.63, 3.8) is 0 Å². The Labute approximate surface area is 471 Å². The molecule has 2 aromatic heterocycles. The molecule has 11 nitrogen and oxygen atoms in total. The van der Waals surface area contributed by atoms with Crippen LogP contribution < -0.4 is 14.7 Å². The highest BCUT2D eigenvalue weighted by Gasteiger charge is 2.48. The number of hydrogen-bond acceptors (Lipinski definition) is 9. The maximum atomic E-state index is 13.9. The monoisotopic (exact) mass is 1220 g/mol. The Morgan fingerprint density at radius 2 is 1.00 bits per heavy atom. The lowest BCUT2D eigenvalue weighted by atomic mass is 9.93. The van der Waals surface area contributed by atoms with Crippen molar-refractivity contribution >= 4 is 45.4 Å². The van der Waals surface area contributed by atoms with Crippen molar-refractivity contribution in [1.29, 1.82) is 0 Å². The highest BCUT2D eigenvalue weighted by Crippen LogP contribution is 2.44. The molecule has 0 radical (unpaired) electrons. The van der Waals surface area contributed by atoms with E-state index < -0.39 is 89.5 Å². The zero-order valence-corrected chi connectivity index (χ0v) is 47.1. The zero-order valence-electron chi connectivity index (χ0n) is 45.5. The lowest BCUT2D eigenvalue weighted by Crippen LogP contribution is -2.42. The van der Waals surface area contributed by atoms with Gasteiger partial charge in [-0.3, -0.25) is 9.80 Å². The van der Waals surface area contributed by atoms with E-state index in [0.717, 1.165) is 79.5 Å². The number of anilines is 3. The lowest BCUT2D eigenvalue weighted by Gasteiger charge is -2.37. The number of benzene rings is 2. The maximum absolute atomic E-state index is 13.9. The molecule has 1 unspecified atom stereocenters. The molecule has 0 spiro atoms. The molecule has 3 saturated heterocycles. The fourth-order valence-electron chi connectivity index (χ4n) is 12.2. The van der Waals surface area contributed by atoms with E-state index in [-0.39, 0.29) is 43.9 Å². The SMILES string of the molecule is CCN(c1ncc(Br)cc1CN1C(=O)O[C@H](c2cc(C)cc(C(F)(F)F)c2)[C@@H]1C)C1CCCCC1.CCN(c1ncc(N2CCCC2C(F)(F)F)cc1CN1C(=O)O[C@H](c2cc(C(F)(F)F)cc(C(F)(F)F)c2)[C@@H]1C)C1CCCCC1. The molecule has 2 amide bonds. The van der Waals surface area contributed by atoms with Gasteiger partial charge in [-0.05, 0) is 143 Å². The molecule has 444 valence electrons. The molecule has 2 aliphatic carbocycles. The van der Waals surface area contributed by atoms with Crippen molar-refractivity contribution in [2.75, 3.05) is 34.3 Å². The van der Waals surface area contributed by atoms with E-state index in [1.807, 2.05) is 19.9 Å². The van der Waals surface area contributed by atoms with Gasteiger partial charge in [-0.1, -0.05) is 50.2 Å². The summed E-state index contributed by atoms with van der Waals surface area (Å²) in [5, 5.41) is 0. The first kappa shape index (κ1) is 61.4. The topological polar surface area (TPSA) is 94.6 Å². The Kier molecular flexibility index (Phi) is 18.7. The quantitative estimate of drug-likeness (QED) is 0.121. The largest absolute Gasteiger partial charge is 0.439 e. The van der Waals surface area contributed by atoms with Crippen LogP contribution in [0, 0.1) is 6.92 Å². The Hall–Kier alpha value is -5.68. The Bertz CT molecular complexity index is 2830. The van der Waals surface area contributed by atoms with E-state index in [9.17, 15) is 62.3 Å². The van der Waals surface area contributed by atoms with Crippen molar-refractivity contribution in [3.05, 3.63) is 110 Å². The minimum absolute atomic E-state index is 0.00329. The number of pyridine rings is 2. The molecule has 3 aliphatic heterocycles. The molecule has 4 aromatic rings. The second-order valence-electron chi connectivity index (χ2n) is 21.7. The number of hydrogen-bond donors (Lipinski definition) is 0. The standard InChI is InChI=1S/C31H35F9N4O2.C26H31BrF3N3O2/c1-3-42(23-8-5-4-6-9-23)27-20(14-24(16-41-27)43-11-7-10-25(43)31(38,39)40)17-44-18(2)26(46-28(44)45)19-12-21(29(32,33)34)15-22(13-19)30(35,36)37;1-4-32(22-8-6-5-7-9-22)24-19(13-21(27)14-31-24)15-33-17(3)23(35-25(33)34)18-10-16(2)11-20(12-18)26(28,29)30/h12-16,18,23,25-26H,3-11,17H2,1-2H3;10-14,17,22-23H,4-9,15H2,1-3H3/t18-,25?,26-;17-,23-/m00/s1. The predicted octanol–water partition coefficient (Wildman–Crippen LogP) is 16.3. The molecule has 5 atom stereocenters. The first-order valence-corrected chi connectivity index (χ1v) is 28.3. The molecule has 5 fully saturated rings. The van der Waals surface area contributed by atoms with E-state index >= 15 is 0 Å². The Balaban J connectivity index is 0.000000220. The maximum Gasteiger partial charge on any atom is 0.416 e. The molecular formula is C57H66BrF12N7O4. The molecule has 9 rings (SSSR count). The van der Waals surface area contributed by atoms with E-state index in [4.69, 9.17) is 14.5 Å². The minimum Gasteiger partial charge on any atom is -0.439 e. The van der Waals surface area contributed by atoms with Gasteiger partial charge < -0.3 is 24.2 Å². The smallest absolute Gasteiger partial charge is 0.416 e. The van der Waals surface area contributed by atoms with E-state index in [1.54, 1.807) is 30.2 Å². The lowest BCUT2D eigenvalue weighted by molar-refractivity contribution is -0.146. The number of nitrogens with zero attached hydrogens (tertiary/aromatic N) is 7. The van der Waals surface area contributed by atoms with Crippen molar-refractivity contribution < 1.29 is 71.7 Å². The van der Waals surface area contributed by atoms with Gasteiger partial charge >= 0.3 is 36.9 Å². The normalized spacial score (nSPS) is 22.4. The highest BCUT2D eigenvalue weighted by atomic mass is 79.9. The van der Waals surface area contributed by atoms with Gasteiger partial charge in [0.2, 0.25) is 0 Å². The van der Waals surface area contributed by atoms with Gasteiger partial charge in [0, 0.05) is 53.5 Å². The third kappa shape index (κ3) is 14.1. The highest BCUT2D eigenvalue weighted by molar-refractivity contribution is 9.10. The number of rotatable bonds is 13. The zero-order chi connectivity index (χ0) is 58.9. The van der Waals surface area contributed by atoms with Crippen LogP contribution >= 0.6 is 15.9 Å². The van der Waals surface area contributed by atoms with E-state index in [0.29, 0.717) is 53.6 Å². The number of cyclic esters (lactones) is 2. The van der Waals surface area contributed by atoms with Crippen LogP contribution in [0.2, 0.25) is 0 Å². The molecule has 2 aromatic carbocycles. The summed E-state index contributed by atoms with van der Waals surface area (Å²) in [6.45, 7) is 10.4. The van der Waals surface area contributed by atoms with Crippen LogP contribution in [0.15, 0.2) is 65.4 Å². The van der Waals surface area contributed by atoms with Crippen LogP contribution in [0.25, 0.3) is 0 Å². The van der Waals surface area contributed by atoms with Crippen molar-refractivity contribution in [2.45, 2.75) is 192 Å². The summed E-state index contributed by atoms with van der Waals surface area (Å²) >= 11 is 3.50. The van der Waals surface area contributed by atoms with Crippen molar-refractivity contribution in [1.82, 2.24) is 19.8 Å². The van der Waals surface area contributed by atoms with Crippen LogP contribution in [0.3, 0.4) is 0 Å². The van der Waals surface area contributed by atoms with Crippen LogP contribution in [-0.2, 0) is 41.1 Å². The van der Waals surface area contributed by atoms with Gasteiger partial charge in [0.1, 0.15) is 29.9 Å². The summed E-state index contributed by atoms with van der Waals surface area (Å²) in [5.41, 5.74) is -1.95. The molecule has 81 heavy (non-hydrogen) atoms. The molecule has 0 bridgehead atoms. The van der Waals surface area contributed by atoms with Gasteiger partial charge in [0.15, 0.2) is 0 Å². The average Bonchev–Trinajstić information content (AvgIpc) is 4.13. The third-order valence-electron chi connectivity index (χ3n) is 16.2. The number of amides is 2. The fourth-order valence-corrected chi connectivity index (χ4v) is 12.6. The third-order valence-corrected chi connectivity index (χ3v) is 16.6. The van der Waals surface area contributed by atoms with Gasteiger partial charge in [-0.25, -0.2) is 19.6 Å². The molecular weight excluding hydrogens is 1150 g/mol. The van der Waals surface area contributed by atoms with E-state index in [2.05, 4.69) is 37.6 Å². The Morgan fingerprint density at radius 1 is 0.568 bits per heavy atom. The first-order valence-electron chi connectivity index (χ1n) is 27.5. The predicted molar refractivity (Wildman–Crippen MR) is 283 cm³/mol. The van der Waals surface area contributed by atoms with Crippen LogP contribution in [0.4, 0.5) is 79.6 Å². The second kappa shape index (κ2) is 24.6. The summed E-state index contributed by atoms with van der Waals surface area (Å²) in [7, 11) is 0. The number of aromatic nitrogens is 2. The molecule has 5 aliphatic rings. The second-order valence-corrected chi connectivity index (χ2v) is 22.6. The molecule has 5 heterocycles. The van der Waals surface area contributed by atoms with E-state index in [1.165, 1.54) is 42.2 Å². The number of aryl methyl sites for hydroxylation is 1. The fraction of sp³-hybridized carbons (Fsp3) is 0.579. The number of alkyl halides is 12. The molecule has 24 heteroatoms. The van der Waals surface area contributed by atoms with Gasteiger partial charge in [-0.15, -0.1) is 0 Å². The van der Waals surface area contributed by atoms with Crippen molar-refractivity contribution in [2.24, 2.45) is 0 Å². The number of carbonyl (C=O) groups excluding carboxylic acids is 2. The number of ether oxygens (including phenoxy) is 2. The summed E-state index contributed by atoms with van der Waals surface area (Å²) < 4.78 is 175. The molecule has 2 saturated carbocycles. The number of halogens is 13. The van der Waals surface area contributed by atoms with Gasteiger partial charge in [0.25, 0.3) is 0 Å². The summed E-state index contributed by atoms with van der Waals surface area (Å²) in [6, 6.07) is 5.77. The average molecular weight is 1220 g/mol. The first-order chi connectivity index (χ1) is 38.1. The van der Waals surface area contributed by atoms with Crippen LogP contribution in [0.1, 0.15) is 161 Å². The van der Waals surface area contributed by atoms with Gasteiger partial charge in [0.05, 0.1) is 53.7 Å². The van der Waals surface area contributed by atoms with Gasteiger partial charge in [-0.2, -0.15) is 52.7 Å². The summed E-state index contributed by atoms with van der Waals surface area (Å²) in [6.07, 6.45) is -8.82. The Morgan fingerprint density at radius 3 is 1.44 bits per heavy atom. The summed E-state index contributed by atoms with van der Waals surface area (Å²) in [4.78, 5) is 43.8. The van der Waals surface area contributed by atoms with Crippen LogP contribution in [-0.4, -0.2) is 88.0 Å². The van der Waals surface area contributed by atoms with Crippen LogP contribution in [0.5, 0.6) is 0 Å². The van der Waals surface area contributed by atoms with Crippen molar-refractivity contribution in [3.8, 4) is 0 Å². The minimum atomic E-state index is -5.09.